The minimum absolute atomic E-state index is 0.883. The maximum absolute atomic E-state index is 3.97. The second-order valence-corrected chi connectivity index (χ2v) is 1.24. The highest BCUT2D eigenvalue weighted by Gasteiger charge is 1.65. The Labute approximate surface area is 44.6 Å². The van der Waals surface area contributed by atoms with Gasteiger partial charge in [0.2, 0.25) is 0 Å². The molecule has 0 aliphatic heterocycles. The van der Waals surface area contributed by atoms with E-state index >= 15 is 0 Å². The van der Waals surface area contributed by atoms with Crippen LogP contribution in [-0.4, -0.2) is 26.4 Å². The Morgan fingerprint density at radius 3 is 2.86 bits per heavy atom. The third-order valence-corrected chi connectivity index (χ3v) is 0.607. The zero-order chi connectivity index (χ0) is 5.54. The summed E-state index contributed by atoms with van der Waals surface area (Å²) >= 11 is 0. The number of hydrogen-bond acceptors (Lipinski definition) is 2. The van der Waals surface area contributed by atoms with Gasteiger partial charge in [-0.2, -0.15) is 0 Å². The van der Waals surface area contributed by atoms with Crippen LogP contribution < -0.4 is 5.32 Å². The SMILES string of the molecule is CCN=CCNC. The van der Waals surface area contributed by atoms with Crippen molar-refractivity contribution in [1.29, 1.82) is 0 Å². The molecule has 7 heavy (non-hydrogen) atoms. The molecule has 0 spiro atoms. The van der Waals surface area contributed by atoms with Gasteiger partial charge in [0.05, 0.1) is 0 Å². The highest BCUT2D eigenvalue weighted by molar-refractivity contribution is 5.59. The second kappa shape index (κ2) is 5.63. The molecule has 0 aromatic carbocycles. The predicted octanol–water partition coefficient (Wildman–Crippen LogP) is 0.297. The van der Waals surface area contributed by atoms with Gasteiger partial charge in [-0.1, -0.05) is 0 Å². The van der Waals surface area contributed by atoms with Crippen LogP contribution in [0, 0.1) is 0 Å². The van der Waals surface area contributed by atoms with Crippen molar-refractivity contribution >= 4 is 6.21 Å². The molecule has 0 amide bonds. The summed E-state index contributed by atoms with van der Waals surface area (Å²) in [5.74, 6) is 0. The van der Waals surface area contributed by atoms with Crippen molar-refractivity contribution in [3.05, 3.63) is 0 Å². The summed E-state index contributed by atoms with van der Waals surface area (Å²) in [5.41, 5.74) is 0. The normalized spacial score (nSPS) is 10.6. The fourth-order valence-corrected chi connectivity index (χ4v) is 0.285. The van der Waals surface area contributed by atoms with E-state index in [4.69, 9.17) is 0 Å². The Morgan fingerprint density at radius 2 is 2.43 bits per heavy atom. The van der Waals surface area contributed by atoms with E-state index in [-0.39, 0.29) is 0 Å². The molecule has 0 saturated carbocycles. The van der Waals surface area contributed by atoms with Gasteiger partial charge in [-0.15, -0.1) is 0 Å². The molecule has 42 valence electrons. The zero-order valence-corrected chi connectivity index (χ0v) is 4.94. The van der Waals surface area contributed by atoms with Gasteiger partial charge in [-0.25, -0.2) is 0 Å². The first kappa shape index (κ1) is 6.63. The van der Waals surface area contributed by atoms with Crippen LogP contribution in [-0.2, 0) is 0 Å². The molecule has 0 heterocycles. The Hall–Kier alpha value is -0.370. The van der Waals surface area contributed by atoms with E-state index in [0.29, 0.717) is 0 Å². The highest BCUT2D eigenvalue weighted by atomic mass is 14.8. The summed E-state index contributed by atoms with van der Waals surface area (Å²) in [6.07, 6.45) is 1.88. The molecule has 0 bridgehead atoms. The molecule has 2 heteroatoms. The molecule has 0 atom stereocenters. The van der Waals surface area contributed by atoms with Gasteiger partial charge in [-0.05, 0) is 14.0 Å². The minimum atomic E-state index is 0.883. The Morgan fingerprint density at radius 1 is 1.71 bits per heavy atom. The number of rotatable bonds is 3. The van der Waals surface area contributed by atoms with E-state index in [9.17, 15) is 0 Å². The number of hydrogen-bond donors (Lipinski definition) is 1. The molecule has 0 aliphatic carbocycles. The van der Waals surface area contributed by atoms with E-state index in [1.807, 2.05) is 20.2 Å². The molecule has 2 nitrogen and oxygen atoms in total. The molecule has 0 aromatic heterocycles. The summed E-state index contributed by atoms with van der Waals surface area (Å²) in [6.45, 7) is 3.79. The monoisotopic (exact) mass is 100 g/mol. The maximum Gasteiger partial charge on any atom is 0.0357 e. The lowest BCUT2D eigenvalue weighted by Gasteiger charge is -1.83. The number of aliphatic imine (C=N–C) groups is 1. The van der Waals surface area contributed by atoms with Crippen molar-refractivity contribution in [3.8, 4) is 0 Å². The fraction of sp³-hybridized carbons (Fsp3) is 0.800. The van der Waals surface area contributed by atoms with Gasteiger partial charge < -0.3 is 5.32 Å². The second-order valence-electron chi connectivity index (χ2n) is 1.24. The Balaban J connectivity index is 2.78. The molecular formula is C5H12N2. The average molecular weight is 100 g/mol. The number of nitrogens with zero attached hydrogens (tertiary/aromatic N) is 1. The van der Waals surface area contributed by atoms with Crippen molar-refractivity contribution in [3.63, 3.8) is 0 Å². The first-order valence-corrected chi connectivity index (χ1v) is 2.54. The lowest BCUT2D eigenvalue weighted by Crippen LogP contribution is -2.08. The molecular weight excluding hydrogens is 88.1 g/mol. The van der Waals surface area contributed by atoms with Crippen molar-refractivity contribution in [2.24, 2.45) is 4.99 Å². The van der Waals surface area contributed by atoms with Gasteiger partial charge in [-0.3, -0.25) is 4.99 Å². The summed E-state index contributed by atoms with van der Waals surface area (Å²) in [4.78, 5) is 3.97. The third-order valence-electron chi connectivity index (χ3n) is 0.607. The quantitative estimate of drug-likeness (QED) is 0.507. The summed E-state index contributed by atoms with van der Waals surface area (Å²) in [7, 11) is 1.90. The molecule has 0 aliphatic rings. The van der Waals surface area contributed by atoms with Crippen LogP contribution in [0.5, 0.6) is 0 Å². The summed E-state index contributed by atoms with van der Waals surface area (Å²) < 4.78 is 0. The van der Waals surface area contributed by atoms with Crippen LogP contribution in [0.3, 0.4) is 0 Å². The lowest BCUT2D eigenvalue weighted by atomic mass is 10.7. The first-order valence-electron chi connectivity index (χ1n) is 2.54. The van der Waals surface area contributed by atoms with E-state index in [1.165, 1.54) is 0 Å². The smallest absolute Gasteiger partial charge is 0.0357 e. The first-order chi connectivity index (χ1) is 3.41. The predicted molar refractivity (Wildman–Crippen MR) is 33.0 cm³/mol. The maximum atomic E-state index is 3.97. The largest absolute Gasteiger partial charge is 0.315 e. The van der Waals surface area contributed by atoms with E-state index < -0.39 is 0 Å². The Bertz CT molecular complexity index is 50.0. The van der Waals surface area contributed by atoms with E-state index in [1.54, 1.807) is 0 Å². The minimum Gasteiger partial charge on any atom is -0.315 e. The molecule has 0 radical (unpaired) electrons. The number of nitrogens with one attached hydrogen (secondary N) is 1. The van der Waals surface area contributed by atoms with Gasteiger partial charge in [0, 0.05) is 19.3 Å². The zero-order valence-electron chi connectivity index (χ0n) is 4.94. The topological polar surface area (TPSA) is 24.4 Å². The molecule has 0 fully saturated rings. The van der Waals surface area contributed by atoms with Gasteiger partial charge in [0.15, 0.2) is 0 Å². The van der Waals surface area contributed by atoms with Crippen LogP contribution in [0.4, 0.5) is 0 Å². The standard InChI is InChI=1S/C5H12N2/c1-3-7-5-4-6-2/h5-6H,3-4H2,1-2H3. The van der Waals surface area contributed by atoms with Crippen LogP contribution in [0.2, 0.25) is 0 Å². The molecule has 1 N–H and O–H groups in total. The van der Waals surface area contributed by atoms with Gasteiger partial charge >= 0.3 is 0 Å². The van der Waals surface area contributed by atoms with Crippen molar-refractivity contribution in [1.82, 2.24) is 5.32 Å². The molecule has 0 rings (SSSR count). The van der Waals surface area contributed by atoms with Gasteiger partial charge in [0.1, 0.15) is 0 Å². The lowest BCUT2D eigenvalue weighted by molar-refractivity contribution is 0.950. The van der Waals surface area contributed by atoms with Crippen molar-refractivity contribution in [2.45, 2.75) is 6.92 Å². The fourth-order valence-electron chi connectivity index (χ4n) is 0.285. The molecule has 0 aromatic rings. The van der Waals surface area contributed by atoms with Crippen molar-refractivity contribution in [2.75, 3.05) is 20.1 Å². The van der Waals surface area contributed by atoms with Gasteiger partial charge in [0.25, 0.3) is 0 Å². The van der Waals surface area contributed by atoms with Crippen LogP contribution >= 0.6 is 0 Å². The average Bonchev–Trinajstić information content (AvgIpc) is 1.69. The van der Waals surface area contributed by atoms with E-state index in [0.717, 1.165) is 13.1 Å². The third kappa shape index (κ3) is 5.63. The van der Waals surface area contributed by atoms with Crippen molar-refractivity contribution < 1.29 is 0 Å². The van der Waals surface area contributed by atoms with Crippen LogP contribution in [0.1, 0.15) is 6.92 Å². The van der Waals surface area contributed by atoms with Crippen LogP contribution in [0.25, 0.3) is 0 Å². The highest BCUT2D eigenvalue weighted by Crippen LogP contribution is 1.59. The molecule has 0 unspecified atom stereocenters. The molecule has 0 saturated heterocycles. The summed E-state index contributed by atoms with van der Waals surface area (Å²) in [6, 6.07) is 0. The van der Waals surface area contributed by atoms with Crippen LogP contribution in [0.15, 0.2) is 4.99 Å². The Kier molecular flexibility index (Phi) is 5.33. The van der Waals surface area contributed by atoms with E-state index in [2.05, 4.69) is 10.3 Å². The summed E-state index contributed by atoms with van der Waals surface area (Å²) in [5, 5.41) is 2.95.